The van der Waals surface area contributed by atoms with Gasteiger partial charge < -0.3 is 10.2 Å². The first kappa shape index (κ1) is 16.3. The van der Waals surface area contributed by atoms with Crippen LogP contribution in [0.15, 0.2) is 24.4 Å². The molecule has 1 saturated heterocycles. The maximum Gasteiger partial charge on any atom is 0.276 e. The first-order valence-corrected chi connectivity index (χ1v) is 8.22. The number of benzene rings is 1. The van der Waals surface area contributed by atoms with E-state index in [1.807, 2.05) is 4.90 Å². The largest absolute Gasteiger partial charge is 0.341 e. The van der Waals surface area contributed by atoms with Crippen LogP contribution in [0.1, 0.15) is 23.3 Å². The molecule has 0 saturated carbocycles. The number of amides is 1. The summed E-state index contributed by atoms with van der Waals surface area (Å²) in [6, 6.07) is 4.81. The molecule has 23 heavy (non-hydrogen) atoms. The Balaban J connectivity index is 1.85. The highest BCUT2D eigenvalue weighted by Gasteiger charge is 2.20. The van der Waals surface area contributed by atoms with Crippen molar-refractivity contribution in [2.45, 2.75) is 12.8 Å². The van der Waals surface area contributed by atoms with E-state index < -0.39 is 5.91 Å². The molecule has 1 aliphatic rings. The average molecular weight is 372 g/mol. The molecular weight excluding hydrogens is 359 g/mol. The van der Waals surface area contributed by atoms with Gasteiger partial charge in [-0.15, -0.1) is 0 Å². The van der Waals surface area contributed by atoms with Gasteiger partial charge in [-0.05, 0) is 31.0 Å². The second-order valence-electron chi connectivity index (χ2n) is 5.14. The summed E-state index contributed by atoms with van der Waals surface area (Å²) in [4.78, 5) is 23.0. The third-order valence-electron chi connectivity index (χ3n) is 3.51. The molecule has 2 aromatic rings. The lowest BCUT2D eigenvalue weighted by Crippen LogP contribution is -2.23. The summed E-state index contributed by atoms with van der Waals surface area (Å²) in [5.74, 6) is 0.0707. The van der Waals surface area contributed by atoms with Gasteiger partial charge in [-0.3, -0.25) is 4.79 Å². The Morgan fingerprint density at radius 1 is 1.13 bits per heavy atom. The fraction of sp³-hybridized carbons (Fsp3) is 0.267. The molecule has 0 bridgehead atoms. The lowest BCUT2D eigenvalue weighted by molar-refractivity contribution is 0.102. The molecule has 3 rings (SSSR count). The second-order valence-corrected chi connectivity index (χ2v) is 6.39. The number of nitrogens with zero attached hydrogens (tertiary/aromatic N) is 3. The Hall–Kier alpha value is -1.56. The summed E-state index contributed by atoms with van der Waals surface area (Å²) in [6.07, 6.45) is 3.63. The molecule has 0 atom stereocenters. The van der Waals surface area contributed by atoms with Gasteiger partial charge in [0.05, 0.1) is 21.9 Å². The Kier molecular flexibility index (Phi) is 4.90. The molecule has 1 aromatic carbocycles. The van der Waals surface area contributed by atoms with Gasteiger partial charge >= 0.3 is 0 Å². The lowest BCUT2D eigenvalue weighted by Gasteiger charge is -2.16. The molecule has 0 unspecified atom stereocenters. The van der Waals surface area contributed by atoms with Crippen molar-refractivity contribution in [1.82, 2.24) is 9.97 Å². The zero-order chi connectivity index (χ0) is 16.4. The van der Waals surface area contributed by atoms with Crippen LogP contribution in [0.3, 0.4) is 0 Å². The third-order valence-corrected chi connectivity index (χ3v) is 4.34. The van der Waals surface area contributed by atoms with Crippen molar-refractivity contribution in [2.75, 3.05) is 23.3 Å². The van der Waals surface area contributed by atoms with E-state index in [1.165, 1.54) is 6.20 Å². The molecule has 2 heterocycles. The van der Waals surface area contributed by atoms with Crippen LogP contribution < -0.4 is 10.2 Å². The molecule has 5 nitrogen and oxygen atoms in total. The van der Waals surface area contributed by atoms with Gasteiger partial charge in [0.2, 0.25) is 5.95 Å². The van der Waals surface area contributed by atoms with Crippen molar-refractivity contribution < 1.29 is 4.79 Å². The van der Waals surface area contributed by atoms with E-state index in [0.717, 1.165) is 25.9 Å². The molecule has 0 radical (unpaired) electrons. The summed E-state index contributed by atoms with van der Waals surface area (Å²) in [5.41, 5.74) is 0.563. The summed E-state index contributed by atoms with van der Waals surface area (Å²) >= 11 is 18.0. The van der Waals surface area contributed by atoms with E-state index in [-0.39, 0.29) is 10.7 Å². The van der Waals surface area contributed by atoms with Gasteiger partial charge in [-0.1, -0.05) is 34.8 Å². The molecular formula is C15H13Cl3N4O. The number of carbonyl (C=O) groups excluding carboxylic acids is 1. The fourth-order valence-corrected chi connectivity index (χ4v) is 2.99. The predicted molar refractivity (Wildman–Crippen MR) is 92.9 cm³/mol. The summed E-state index contributed by atoms with van der Waals surface area (Å²) in [5, 5.41) is 3.71. The second kappa shape index (κ2) is 6.91. The highest BCUT2D eigenvalue weighted by molar-refractivity contribution is 6.37. The van der Waals surface area contributed by atoms with Crippen molar-refractivity contribution in [1.29, 1.82) is 0 Å². The quantitative estimate of drug-likeness (QED) is 0.874. The van der Waals surface area contributed by atoms with Gasteiger partial charge in [0.15, 0.2) is 5.69 Å². The topological polar surface area (TPSA) is 58.1 Å². The number of nitrogens with one attached hydrogen (secondary N) is 1. The molecule has 1 aliphatic heterocycles. The predicted octanol–water partition coefficient (Wildman–Crippen LogP) is 4.29. The van der Waals surface area contributed by atoms with Crippen molar-refractivity contribution >= 4 is 52.3 Å². The van der Waals surface area contributed by atoms with E-state index in [2.05, 4.69) is 15.3 Å². The molecule has 1 fully saturated rings. The number of hydrogen-bond acceptors (Lipinski definition) is 4. The SMILES string of the molecule is O=C(Nc1ccc(Cl)cc1Cl)c1nc(N2CCCC2)ncc1Cl. The standard InChI is InChI=1S/C15H13Cl3N4O/c16-9-3-4-12(10(17)7-9)20-14(23)13-11(18)8-19-15(21-13)22-5-1-2-6-22/h3-4,7-8H,1-2,5-6H2,(H,20,23). The van der Waals surface area contributed by atoms with E-state index in [4.69, 9.17) is 34.8 Å². The number of aromatic nitrogens is 2. The molecule has 1 N–H and O–H groups in total. The first-order chi connectivity index (χ1) is 11.0. The van der Waals surface area contributed by atoms with Gasteiger partial charge in [0, 0.05) is 18.1 Å². The first-order valence-electron chi connectivity index (χ1n) is 7.08. The van der Waals surface area contributed by atoms with Gasteiger partial charge in [0.25, 0.3) is 5.91 Å². The number of hydrogen-bond donors (Lipinski definition) is 1. The van der Waals surface area contributed by atoms with Crippen molar-refractivity contribution in [3.8, 4) is 0 Å². The fourth-order valence-electron chi connectivity index (χ4n) is 2.36. The van der Waals surface area contributed by atoms with E-state index in [9.17, 15) is 4.79 Å². The van der Waals surface area contributed by atoms with Crippen LogP contribution in [-0.2, 0) is 0 Å². The van der Waals surface area contributed by atoms with Gasteiger partial charge in [-0.25, -0.2) is 9.97 Å². The number of carbonyl (C=O) groups is 1. The molecule has 1 amide bonds. The lowest BCUT2D eigenvalue weighted by atomic mass is 10.3. The van der Waals surface area contributed by atoms with Crippen LogP contribution in [0.2, 0.25) is 15.1 Å². The van der Waals surface area contributed by atoms with Crippen LogP contribution in [0.4, 0.5) is 11.6 Å². The van der Waals surface area contributed by atoms with Crippen LogP contribution in [-0.4, -0.2) is 29.0 Å². The van der Waals surface area contributed by atoms with Crippen molar-refractivity contribution in [3.63, 3.8) is 0 Å². The van der Waals surface area contributed by atoms with Crippen LogP contribution >= 0.6 is 34.8 Å². The highest BCUT2D eigenvalue weighted by Crippen LogP contribution is 2.27. The minimum atomic E-state index is -0.443. The molecule has 0 aliphatic carbocycles. The number of halogens is 3. The normalized spacial score (nSPS) is 14.1. The monoisotopic (exact) mass is 370 g/mol. The van der Waals surface area contributed by atoms with Crippen LogP contribution in [0.25, 0.3) is 0 Å². The Morgan fingerprint density at radius 2 is 1.87 bits per heavy atom. The van der Waals surface area contributed by atoms with E-state index >= 15 is 0 Å². The average Bonchev–Trinajstić information content (AvgIpc) is 3.05. The summed E-state index contributed by atoms with van der Waals surface area (Å²) in [6.45, 7) is 1.76. The molecule has 1 aromatic heterocycles. The van der Waals surface area contributed by atoms with E-state index in [1.54, 1.807) is 18.2 Å². The summed E-state index contributed by atoms with van der Waals surface area (Å²) in [7, 11) is 0. The maximum absolute atomic E-state index is 12.4. The zero-order valence-electron chi connectivity index (χ0n) is 12.0. The van der Waals surface area contributed by atoms with Gasteiger partial charge in [-0.2, -0.15) is 0 Å². The number of rotatable bonds is 3. The smallest absolute Gasteiger partial charge is 0.276 e. The Bertz CT molecular complexity index is 747. The van der Waals surface area contributed by atoms with Crippen molar-refractivity contribution in [3.05, 3.63) is 45.2 Å². The molecule has 8 heteroatoms. The van der Waals surface area contributed by atoms with Gasteiger partial charge in [0.1, 0.15) is 0 Å². The zero-order valence-corrected chi connectivity index (χ0v) is 14.3. The highest BCUT2D eigenvalue weighted by atomic mass is 35.5. The van der Waals surface area contributed by atoms with Crippen molar-refractivity contribution in [2.24, 2.45) is 0 Å². The Morgan fingerprint density at radius 3 is 2.57 bits per heavy atom. The maximum atomic E-state index is 12.4. The minimum absolute atomic E-state index is 0.120. The van der Waals surface area contributed by atoms with Crippen LogP contribution in [0.5, 0.6) is 0 Å². The summed E-state index contributed by atoms with van der Waals surface area (Å²) < 4.78 is 0. The third kappa shape index (κ3) is 3.68. The Labute approximate surface area is 148 Å². The van der Waals surface area contributed by atoms with Crippen LogP contribution in [0, 0.1) is 0 Å². The number of anilines is 2. The van der Waals surface area contributed by atoms with E-state index in [0.29, 0.717) is 21.7 Å². The molecule has 120 valence electrons. The molecule has 0 spiro atoms. The minimum Gasteiger partial charge on any atom is -0.341 e.